The van der Waals surface area contributed by atoms with Gasteiger partial charge in [0.25, 0.3) is 0 Å². The SMILES string of the molecule is O=C(Cn1cccn1)Nc1ccc(CO)cc1. The number of carbonyl (C=O) groups is 1. The molecular formula is C12H13N3O2. The van der Waals surface area contributed by atoms with Gasteiger partial charge in [-0.25, -0.2) is 0 Å². The van der Waals surface area contributed by atoms with E-state index in [0.29, 0.717) is 5.69 Å². The maximum Gasteiger partial charge on any atom is 0.246 e. The van der Waals surface area contributed by atoms with Gasteiger partial charge in [-0.15, -0.1) is 0 Å². The minimum atomic E-state index is -0.134. The van der Waals surface area contributed by atoms with Crippen molar-refractivity contribution < 1.29 is 9.90 Å². The van der Waals surface area contributed by atoms with Crippen LogP contribution in [0.3, 0.4) is 0 Å². The molecule has 1 aromatic carbocycles. The van der Waals surface area contributed by atoms with Crippen molar-refractivity contribution in [1.82, 2.24) is 9.78 Å². The molecule has 1 heterocycles. The molecule has 0 fully saturated rings. The third kappa shape index (κ3) is 3.15. The first-order valence-electron chi connectivity index (χ1n) is 5.25. The van der Waals surface area contributed by atoms with E-state index in [1.807, 2.05) is 0 Å². The van der Waals surface area contributed by atoms with Crippen LogP contribution >= 0.6 is 0 Å². The van der Waals surface area contributed by atoms with Gasteiger partial charge in [-0.05, 0) is 23.8 Å². The molecule has 17 heavy (non-hydrogen) atoms. The summed E-state index contributed by atoms with van der Waals surface area (Å²) in [5.74, 6) is -0.134. The van der Waals surface area contributed by atoms with Crippen LogP contribution < -0.4 is 5.32 Å². The number of aliphatic hydroxyl groups excluding tert-OH is 1. The van der Waals surface area contributed by atoms with Crippen molar-refractivity contribution >= 4 is 11.6 Å². The van der Waals surface area contributed by atoms with Crippen molar-refractivity contribution in [2.75, 3.05) is 5.32 Å². The lowest BCUT2D eigenvalue weighted by molar-refractivity contribution is -0.116. The summed E-state index contributed by atoms with van der Waals surface area (Å²) in [4.78, 5) is 11.6. The fourth-order valence-electron chi connectivity index (χ4n) is 1.44. The van der Waals surface area contributed by atoms with Crippen LogP contribution in [0.15, 0.2) is 42.7 Å². The molecule has 0 atom stereocenters. The van der Waals surface area contributed by atoms with E-state index in [1.165, 1.54) is 0 Å². The maximum atomic E-state index is 11.6. The van der Waals surface area contributed by atoms with Crippen LogP contribution in [-0.2, 0) is 17.9 Å². The predicted octanol–water partition coefficient (Wildman–Crippen LogP) is 1.01. The predicted molar refractivity (Wildman–Crippen MR) is 63.2 cm³/mol. The largest absolute Gasteiger partial charge is 0.392 e. The number of hydrogen-bond donors (Lipinski definition) is 2. The highest BCUT2D eigenvalue weighted by atomic mass is 16.3. The van der Waals surface area contributed by atoms with E-state index < -0.39 is 0 Å². The van der Waals surface area contributed by atoms with E-state index in [2.05, 4.69) is 10.4 Å². The minimum Gasteiger partial charge on any atom is -0.392 e. The Kier molecular flexibility index (Phi) is 3.52. The number of amides is 1. The highest BCUT2D eigenvalue weighted by molar-refractivity contribution is 5.90. The van der Waals surface area contributed by atoms with Gasteiger partial charge in [0, 0.05) is 18.1 Å². The van der Waals surface area contributed by atoms with Crippen molar-refractivity contribution in [1.29, 1.82) is 0 Å². The Balaban J connectivity index is 1.93. The highest BCUT2D eigenvalue weighted by Gasteiger charge is 2.03. The van der Waals surface area contributed by atoms with E-state index in [1.54, 1.807) is 47.4 Å². The van der Waals surface area contributed by atoms with Gasteiger partial charge in [-0.3, -0.25) is 9.48 Å². The van der Waals surface area contributed by atoms with Gasteiger partial charge in [0.15, 0.2) is 0 Å². The molecule has 2 N–H and O–H groups in total. The fourth-order valence-corrected chi connectivity index (χ4v) is 1.44. The number of nitrogens with zero attached hydrogens (tertiary/aromatic N) is 2. The lowest BCUT2D eigenvalue weighted by Crippen LogP contribution is -2.18. The van der Waals surface area contributed by atoms with Gasteiger partial charge < -0.3 is 10.4 Å². The molecule has 0 bridgehead atoms. The van der Waals surface area contributed by atoms with Gasteiger partial charge >= 0.3 is 0 Å². The molecule has 0 spiro atoms. The zero-order chi connectivity index (χ0) is 12.1. The maximum absolute atomic E-state index is 11.6. The number of aliphatic hydroxyl groups is 1. The first-order chi connectivity index (χ1) is 8.28. The smallest absolute Gasteiger partial charge is 0.246 e. The average Bonchev–Trinajstić information content (AvgIpc) is 2.82. The molecule has 5 heteroatoms. The molecule has 0 saturated carbocycles. The molecule has 0 aliphatic rings. The summed E-state index contributed by atoms with van der Waals surface area (Å²) in [5.41, 5.74) is 1.52. The van der Waals surface area contributed by atoms with E-state index in [9.17, 15) is 4.79 Å². The zero-order valence-corrected chi connectivity index (χ0v) is 9.21. The number of benzene rings is 1. The Morgan fingerprint density at radius 2 is 2.12 bits per heavy atom. The van der Waals surface area contributed by atoms with Crippen molar-refractivity contribution in [2.24, 2.45) is 0 Å². The third-order valence-corrected chi connectivity index (χ3v) is 2.29. The molecule has 2 aromatic rings. The van der Waals surface area contributed by atoms with Gasteiger partial charge in [0.05, 0.1) is 6.61 Å². The summed E-state index contributed by atoms with van der Waals surface area (Å²) >= 11 is 0. The Morgan fingerprint density at radius 1 is 1.35 bits per heavy atom. The second kappa shape index (κ2) is 5.27. The molecule has 0 saturated heterocycles. The van der Waals surface area contributed by atoms with Crippen LogP contribution in [0, 0.1) is 0 Å². The van der Waals surface area contributed by atoms with E-state index in [4.69, 9.17) is 5.11 Å². The summed E-state index contributed by atoms with van der Waals surface area (Å²) < 4.78 is 1.55. The van der Waals surface area contributed by atoms with Gasteiger partial charge in [0.2, 0.25) is 5.91 Å². The Hall–Kier alpha value is -2.14. The van der Waals surface area contributed by atoms with Crippen LogP contribution in [0.5, 0.6) is 0 Å². The fraction of sp³-hybridized carbons (Fsp3) is 0.167. The molecule has 1 amide bonds. The van der Waals surface area contributed by atoms with Crippen LogP contribution in [0.4, 0.5) is 5.69 Å². The van der Waals surface area contributed by atoms with Crippen molar-refractivity contribution in [3.05, 3.63) is 48.3 Å². The van der Waals surface area contributed by atoms with Gasteiger partial charge in [-0.1, -0.05) is 12.1 Å². The summed E-state index contributed by atoms with van der Waals surface area (Å²) in [6.07, 6.45) is 3.36. The molecule has 0 aliphatic heterocycles. The van der Waals surface area contributed by atoms with Crippen molar-refractivity contribution in [3.8, 4) is 0 Å². The van der Waals surface area contributed by atoms with E-state index in [0.717, 1.165) is 5.56 Å². The lowest BCUT2D eigenvalue weighted by atomic mass is 10.2. The number of rotatable bonds is 4. The van der Waals surface area contributed by atoms with Crippen LogP contribution in [0.25, 0.3) is 0 Å². The summed E-state index contributed by atoms with van der Waals surface area (Å²) in [6, 6.07) is 8.81. The molecule has 2 rings (SSSR count). The molecule has 5 nitrogen and oxygen atoms in total. The van der Waals surface area contributed by atoms with Gasteiger partial charge in [-0.2, -0.15) is 5.10 Å². The molecule has 0 unspecified atom stereocenters. The number of nitrogens with one attached hydrogen (secondary N) is 1. The standard InChI is InChI=1S/C12H13N3O2/c16-9-10-2-4-11(5-3-10)14-12(17)8-15-7-1-6-13-15/h1-7,16H,8-9H2,(H,14,17). The molecule has 0 radical (unpaired) electrons. The number of carbonyl (C=O) groups excluding carboxylic acids is 1. The van der Waals surface area contributed by atoms with Crippen molar-refractivity contribution in [2.45, 2.75) is 13.2 Å². The molecule has 0 aliphatic carbocycles. The first kappa shape index (κ1) is 11.3. The molecule has 88 valence electrons. The van der Waals surface area contributed by atoms with Gasteiger partial charge in [0.1, 0.15) is 6.54 Å². The quantitative estimate of drug-likeness (QED) is 0.825. The minimum absolute atomic E-state index is 0.00150. The van der Waals surface area contributed by atoms with Crippen LogP contribution in [0.2, 0.25) is 0 Å². The summed E-state index contributed by atoms with van der Waals surface area (Å²) in [6.45, 7) is 0.191. The second-order valence-electron chi connectivity index (χ2n) is 3.61. The number of hydrogen-bond acceptors (Lipinski definition) is 3. The summed E-state index contributed by atoms with van der Waals surface area (Å²) in [7, 11) is 0. The topological polar surface area (TPSA) is 67.2 Å². The number of aromatic nitrogens is 2. The Labute approximate surface area is 98.7 Å². The van der Waals surface area contributed by atoms with Crippen molar-refractivity contribution in [3.63, 3.8) is 0 Å². The monoisotopic (exact) mass is 231 g/mol. The lowest BCUT2D eigenvalue weighted by Gasteiger charge is -2.05. The Morgan fingerprint density at radius 3 is 2.71 bits per heavy atom. The molecule has 1 aromatic heterocycles. The second-order valence-corrected chi connectivity index (χ2v) is 3.61. The molecular weight excluding hydrogens is 218 g/mol. The summed E-state index contributed by atoms with van der Waals surface area (Å²) in [5, 5.41) is 15.6. The Bertz CT molecular complexity index is 477. The third-order valence-electron chi connectivity index (χ3n) is 2.29. The van der Waals surface area contributed by atoms with E-state index in [-0.39, 0.29) is 19.1 Å². The van der Waals surface area contributed by atoms with Crippen LogP contribution in [-0.4, -0.2) is 20.8 Å². The van der Waals surface area contributed by atoms with E-state index >= 15 is 0 Å². The van der Waals surface area contributed by atoms with Crippen LogP contribution in [0.1, 0.15) is 5.56 Å². The highest BCUT2D eigenvalue weighted by Crippen LogP contribution is 2.09. The zero-order valence-electron chi connectivity index (χ0n) is 9.21. The average molecular weight is 231 g/mol. The normalized spacial score (nSPS) is 10.2. The number of anilines is 1. The first-order valence-corrected chi connectivity index (χ1v) is 5.25.